The highest BCUT2D eigenvalue weighted by Gasteiger charge is 2.17. The number of hydrogen-bond acceptors (Lipinski definition) is 7. The highest BCUT2D eigenvalue weighted by Crippen LogP contribution is 2.28. The molecule has 0 amide bonds. The molecule has 1 aromatic carbocycles. The van der Waals surface area contributed by atoms with Gasteiger partial charge in [-0.25, -0.2) is 4.98 Å². The van der Waals surface area contributed by atoms with E-state index in [1.807, 2.05) is 36.4 Å². The lowest BCUT2D eigenvalue weighted by atomic mass is 10.00. The second kappa shape index (κ2) is 7.34. The van der Waals surface area contributed by atoms with Crippen molar-refractivity contribution < 1.29 is 0 Å². The Hall–Kier alpha value is -4.59. The summed E-state index contributed by atoms with van der Waals surface area (Å²) in [7, 11) is 0. The summed E-state index contributed by atoms with van der Waals surface area (Å²) in [6.45, 7) is 0. The van der Waals surface area contributed by atoms with E-state index in [4.69, 9.17) is 16.9 Å². The van der Waals surface area contributed by atoms with E-state index in [0.717, 1.165) is 27.9 Å². The van der Waals surface area contributed by atoms with E-state index in [0.29, 0.717) is 28.3 Å². The van der Waals surface area contributed by atoms with Crippen LogP contribution in [0.5, 0.6) is 0 Å². The maximum atomic E-state index is 8.77. The minimum absolute atomic E-state index is 0.180. The summed E-state index contributed by atoms with van der Waals surface area (Å²) < 4.78 is 0. The van der Waals surface area contributed by atoms with Crippen molar-refractivity contribution in [1.82, 2.24) is 24.9 Å². The average Bonchev–Trinajstić information content (AvgIpc) is 3.24. The van der Waals surface area contributed by atoms with Gasteiger partial charge in [0.05, 0.1) is 23.1 Å². The Balaban J connectivity index is 1.59. The molecule has 4 aromatic heterocycles. The zero-order chi connectivity index (χ0) is 21.4. The summed E-state index contributed by atoms with van der Waals surface area (Å²) >= 11 is 0. The fourth-order valence-corrected chi connectivity index (χ4v) is 3.46. The van der Waals surface area contributed by atoms with E-state index >= 15 is 0 Å². The summed E-state index contributed by atoms with van der Waals surface area (Å²) in [5.74, 6) is 0.398. The van der Waals surface area contributed by atoms with E-state index in [9.17, 15) is 0 Å². The molecule has 8 heteroatoms. The molecule has 0 bridgehead atoms. The maximum Gasteiger partial charge on any atom is 0.157 e. The highest BCUT2D eigenvalue weighted by atomic mass is 15.0. The van der Waals surface area contributed by atoms with E-state index in [-0.39, 0.29) is 5.71 Å². The van der Waals surface area contributed by atoms with Gasteiger partial charge < -0.3 is 16.5 Å². The number of nitrogen functional groups attached to an aromatic ring is 2. The largest absolute Gasteiger partial charge is 0.398 e. The van der Waals surface area contributed by atoms with Crippen molar-refractivity contribution in [3.05, 3.63) is 84.8 Å². The second-order valence-electron chi connectivity index (χ2n) is 7.07. The van der Waals surface area contributed by atoms with E-state index in [1.54, 1.807) is 37.1 Å². The van der Waals surface area contributed by atoms with Crippen molar-refractivity contribution in [2.45, 2.75) is 0 Å². The number of benzene rings is 1. The molecular weight excluding hydrogens is 388 g/mol. The Labute approximate surface area is 177 Å². The summed E-state index contributed by atoms with van der Waals surface area (Å²) in [5, 5.41) is 8.77. The van der Waals surface area contributed by atoms with Gasteiger partial charge in [-0.15, -0.1) is 0 Å². The molecule has 0 spiro atoms. The first-order valence-corrected chi connectivity index (χ1v) is 9.55. The Kier molecular flexibility index (Phi) is 4.37. The van der Waals surface area contributed by atoms with Gasteiger partial charge in [-0.05, 0) is 35.9 Å². The molecule has 150 valence electrons. The molecule has 0 unspecified atom stereocenters. The third-order valence-electron chi connectivity index (χ3n) is 4.99. The number of nitrogens with zero attached hydrogens (tertiary/aromatic N) is 4. The molecule has 5 rings (SSSR count). The third-order valence-corrected chi connectivity index (χ3v) is 4.99. The number of pyridine rings is 3. The fraction of sp³-hybridized carbons (Fsp3) is 0. The van der Waals surface area contributed by atoms with E-state index in [1.165, 1.54) is 0 Å². The zero-order valence-electron chi connectivity index (χ0n) is 16.4. The molecule has 4 heterocycles. The van der Waals surface area contributed by atoms with Crippen LogP contribution in [0, 0.1) is 5.41 Å². The number of H-pyrrole nitrogens is 1. The van der Waals surface area contributed by atoms with Gasteiger partial charge in [-0.1, -0.05) is 12.1 Å². The summed E-state index contributed by atoms with van der Waals surface area (Å²) in [4.78, 5) is 20.7. The molecule has 0 atom stereocenters. The molecule has 0 saturated carbocycles. The van der Waals surface area contributed by atoms with Gasteiger partial charge in [0.2, 0.25) is 0 Å². The number of fused-ring (bicyclic) bond motifs is 1. The van der Waals surface area contributed by atoms with E-state index in [2.05, 4.69) is 24.9 Å². The molecule has 0 saturated heterocycles. The highest BCUT2D eigenvalue weighted by molar-refractivity contribution is 6.13. The lowest BCUT2D eigenvalue weighted by molar-refractivity contribution is 1.26. The van der Waals surface area contributed by atoms with Crippen molar-refractivity contribution in [2.24, 2.45) is 0 Å². The Morgan fingerprint density at radius 3 is 2.58 bits per heavy atom. The number of anilines is 2. The van der Waals surface area contributed by atoms with Gasteiger partial charge in [0.15, 0.2) is 5.82 Å². The summed E-state index contributed by atoms with van der Waals surface area (Å²) in [6.07, 6.45) is 8.44. The molecule has 31 heavy (non-hydrogen) atoms. The Bertz CT molecular complexity index is 1420. The minimum atomic E-state index is 0.180. The molecule has 0 radical (unpaired) electrons. The average molecular weight is 406 g/mol. The van der Waals surface area contributed by atoms with Crippen molar-refractivity contribution in [3.8, 4) is 22.4 Å². The van der Waals surface area contributed by atoms with Crippen molar-refractivity contribution in [1.29, 1.82) is 5.41 Å². The monoisotopic (exact) mass is 406 g/mol. The quantitative estimate of drug-likeness (QED) is 0.265. The minimum Gasteiger partial charge on any atom is -0.398 e. The number of aromatic amines is 1. The first-order valence-electron chi connectivity index (χ1n) is 9.55. The molecular formula is C23H18N8. The van der Waals surface area contributed by atoms with Crippen LogP contribution in [-0.4, -0.2) is 30.6 Å². The SMILES string of the molecule is N=C(c1nc2c(-c3ccccn3)cncc2[nH]1)c1cc(-c2cncc(N)c2)ccc1N. The van der Waals surface area contributed by atoms with Crippen molar-refractivity contribution >= 4 is 28.1 Å². The number of imidazole rings is 1. The van der Waals surface area contributed by atoms with Crippen LogP contribution in [0.15, 0.2) is 73.4 Å². The van der Waals surface area contributed by atoms with Crippen LogP contribution in [0.4, 0.5) is 11.4 Å². The number of nitrogens with one attached hydrogen (secondary N) is 2. The number of hydrogen-bond donors (Lipinski definition) is 4. The molecule has 5 aromatic rings. The maximum absolute atomic E-state index is 8.77. The standard InChI is InChI=1S/C23H18N8/c24-15-7-14(9-27-10-15)13-4-5-18(25)16(8-13)21(26)23-30-20-12-28-11-17(22(20)31-23)19-3-1-2-6-29-19/h1-12,26H,24-25H2,(H,30,31). The number of aromatic nitrogens is 5. The van der Waals surface area contributed by atoms with E-state index < -0.39 is 0 Å². The van der Waals surface area contributed by atoms with Crippen molar-refractivity contribution in [2.75, 3.05) is 11.5 Å². The predicted octanol–water partition coefficient (Wildman–Crippen LogP) is 3.66. The molecule has 0 fully saturated rings. The molecule has 8 nitrogen and oxygen atoms in total. The van der Waals surface area contributed by atoms with Gasteiger partial charge in [0.25, 0.3) is 0 Å². The van der Waals surface area contributed by atoms with Gasteiger partial charge in [0.1, 0.15) is 11.2 Å². The van der Waals surface area contributed by atoms with Gasteiger partial charge in [-0.2, -0.15) is 0 Å². The van der Waals surface area contributed by atoms with Crippen LogP contribution in [0.3, 0.4) is 0 Å². The van der Waals surface area contributed by atoms with Gasteiger partial charge in [-0.3, -0.25) is 20.4 Å². The van der Waals surface area contributed by atoms with Crippen LogP contribution in [0.2, 0.25) is 0 Å². The van der Waals surface area contributed by atoms with Gasteiger partial charge in [0, 0.05) is 47.2 Å². The first kappa shape index (κ1) is 18.4. The second-order valence-corrected chi connectivity index (χ2v) is 7.07. The molecule has 0 aliphatic heterocycles. The lowest BCUT2D eigenvalue weighted by Crippen LogP contribution is -2.07. The van der Waals surface area contributed by atoms with Crippen LogP contribution in [0.25, 0.3) is 33.4 Å². The molecule has 6 N–H and O–H groups in total. The van der Waals surface area contributed by atoms with Crippen molar-refractivity contribution in [3.63, 3.8) is 0 Å². The first-order chi connectivity index (χ1) is 15.1. The third kappa shape index (κ3) is 3.36. The normalized spacial score (nSPS) is 11.0. The Morgan fingerprint density at radius 2 is 1.77 bits per heavy atom. The Morgan fingerprint density at radius 1 is 0.903 bits per heavy atom. The van der Waals surface area contributed by atoms with Crippen LogP contribution in [-0.2, 0) is 0 Å². The zero-order valence-corrected chi connectivity index (χ0v) is 16.4. The number of rotatable bonds is 4. The van der Waals surface area contributed by atoms with Crippen LogP contribution in [0.1, 0.15) is 11.4 Å². The van der Waals surface area contributed by atoms with Crippen LogP contribution >= 0.6 is 0 Å². The lowest BCUT2D eigenvalue weighted by Gasteiger charge is -2.09. The van der Waals surface area contributed by atoms with Gasteiger partial charge >= 0.3 is 0 Å². The topological polar surface area (TPSA) is 143 Å². The molecule has 0 aliphatic rings. The fourth-order valence-electron chi connectivity index (χ4n) is 3.46. The smallest absolute Gasteiger partial charge is 0.157 e. The summed E-state index contributed by atoms with van der Waals surface area (Å²) in [5.41, 5.74) is 18.5. The molecule has 0 aliphatic carbocycles. The predicted molar refractivity (Wildman–Crippen MR) is 122 cm³/mol. The van der Waals surface area contributed by atoms with Crippen LogP contribution < -0.4 is 11.5 Å². The number of nitrogens with two attached hydrogens (primary N) is 2. The summed E-state index contributed by atoms with van der Waals surface area (Å²) in [6, 6.07) is 13.0.